The Hall–Kier alpha value is -3.34. The van der Waals surface area contributed by atoms with Crippen molar-refractivity contribution in [2.45, 2.75) is 13.0 Å². The number of thiophene rings is 1. The topological polar surface area (TPSA) is 84.4 Å². The van der Waals surface area contributed by atoms with E-state index in [0.29, 0.717) is 24.5 Å². The van der Waals surface area contributed by atoms with Crippen molar-refractivity contribution in [3.05, 3.63) is 64.0 Å². The average Bonchev–Trinajstić information content (AvgIpc) is 3.56. The molecule has 1 aliphatic rings. The van der Waals surface area contributed by atoms with Crippen LogP contribution in [-0.4, -0.2) is 40.5 Å². The molecule has 0 radical (unpaired) electrons. The predicted molar refractivity (Wildman–Crippen MR) is 137 cm³/mol. The van der Waals surface area contributed by atoms with E-state index in [1.54, 1.807) is 16.2 Å². The lowest BCUT2D eigenvalue weighted by Gasteiger charge is -2.25. The van der Waals surface area contributed by atoms with Crippen LogP contribution in [0.25, 0.3) is 31.0 Å². The number of nitrogens with one attached hydrogen (secondary N) is 1. The highest BCUT2D eigenvalue weighted by molar-refractivity contribution is 7.23. The summed E-state index contributed by atoms with van der Waals surface area (Å²) in [5.41, 5.74) is 3.81. The van der Waals surface area contributed by atoms with E-state index in [1.807, 2.05) is 48.5 Å². The second-order valence-corrected chi connectivity index (χ2v) is 10.9. The van der Waals surface area contributed by atoms with Gasteiger partial charge in [0.2, 0.25) is 0 Å². The predicted octanol–water partition coefficient (Wildman–Crippen LogP) is 6.01. The van der Waals surface area contributed by atoms with E-state index in [2.05, 4.69) is 10.3 Å². The molecule has 2 aromatic carbocycles. The Morgan fingerprint density at radius 3 is 2.38 bits per heavy atom. The van der Waals surface area contributed by atoms with Gasteiger partial charge in [-0.25, -0.2) is 14.8 Å². The number of benzene rings is 2. The third kappa shape index (κ3) is 3.64. The molecule has 10 heteroatoms. The number of anilines is 1. The van der Waals surface area contributed by atoms with Crippen LogP contribution in [0.3, 0.4) is 0 Å². The summed E-state index contributed by atoms with van der Waals surface area (Å²) in [7, 11) is 1.39. The molecule has 0 spiro atoms. The second-order valence-electron chi connectivity index (χ2n) is 7.78. The zero-order valence-electron chi connectivity index (χ0n) is 18.0. The van der Waals surface area contributed by atoms with Crippen LogP contribution in [0.5, 0.6) is 0 Å². The molecule has 34 heavy (non-hydrogen) atoms. The minimum Gasteiger partial charge on any atom is -0.453 e. The van der Waals surface area contributed by atoms with Crippen molar-refractivity contribution < 1.29 is 14.3 Å². The Labute approximate surface area is 206 Å². The molecule has 2 amide bonds. The lowest BCUT2D eigenvalue weighted by molar-refractivity contribution is 0.102. The minimum atomic E-state index is -0.347. The van der Waals surface area contributed by atoms with Crippen LogP contribution in [0, 0.1) is 0 Å². The van der Waals surface area contributed by atoms with Gasteiger partial charge in [0.1, 0.15) is 10.0 Å². The molecule has 0 unspecified atom stereocenters. The maximum atomic E-state index is 13.2. The van der Waals surface area contributed by atoms with Crippen LogP contribution in [0.15, 0.2) is 48.5 Å². The summed E-state index contributed by atoms with van der Waals surface area (Å²) in [6, 6.07) is 15.7. The Balaban J connectivity index is 1.42. The fraction of sp³-hybridized carbons (Fsp3) is 0.167. The van der Waals surface area contributed by atoms with Crippen LogP contribution in [0.4, 0.5) is 9.80 Å². The molecule has 0 saturated carbocycles. The monoisotopic (exact) mass is 506 g/mol. The maximum absolute atomic E-state index is 13.2. The van der Waals surface area contributed by atoms with Gasteiger partial charge in [-0.1, -0.05) is 24.3 Å². The zero-order valence-corrected chi connectivity index (χ0v) is 20.5. The average molecular weight is 507 g/mol. The first-order valence-corrected chi connectivity index (χ1v) is 13.1. The maximum Gasteiger partial charge on any atom is 0.409 e. The highest BCUT2D eigenvalue weighted by Gasteiger charge is 2.30. The minimum absolute atomic E-state index is 0.244. The zero-order chi connectivity index (χ0) is 23.2. The second kappa shape index (κ2) is 8.46. The quantitative estimate of drug-likeness (QED) is 0.324. The number of thiazole rings is 2. The highest BCUT2D eigenvalue weighted by Crippen LogP contribution is 2.46. The molecule has 0 saturated heterocycles. The van der Waals surface area contributed by atoms with Gasteiger partial charge in [-0.05, 0) is 36.2 Å². The van der Waals surface area contributed by atoms with E-state index in [4.69, 9.17) is 9.72 Å². The molecule has 170 valence electrons. The molecule has 0 aliphatic carbocycles. The van der Waals surface area contributed by atoms with Gasteiger partial charge in [0.25, 0.3) is 5.91 Å². The molecular formula is C24H18N4O3S3. The first-order chi connectivity index (χ1) is 16.6. The number of nitrogens with zero attached hydrogens (tertiary/aromatic N) is 3. The molecule has 0 fully saturated rings. The van der Waals surface area contributed by atoms with E-state index < -0.39 is 0 Å². The van der Waals surface area contributed by atoms with Crippen LogP contribution in [-0.2, 0) is 17.7 Å². The normalized spacial score (nSPS) is 13.3. The van der Waals surface area contributed by atoms with Gasteiger partial charge in [0.05, 0.1) is 34.1 Å². The lowest BCUT2D eigenvalue weighted by Crippen LogP contribution is -2.35. The Bertz CT molecular complexity index is 1500. The third-order valence-electron chi connectivity index (χ3n) is 5.71. The Kier molecular flexibility index (Phi) is 5.28. The SMILES string of the molecule is COC(=O)N1CCc2c(sc(NC(=O)c3nc4ccccc4s3)c2-c2nc3ccccc3s2)C1. The third-order valence-corrected chi connectivity index (χ3v) is 8.93. The van der Waals surface area contributed by atoms with Gasteiger partial charge >= 0.3 is 6.09 Å². The molecule has 4 heterocycles. The first kappa shape index (κ1) is 21.2. The number of hydrogen-bond acceptors (Lipinski definition) is 8. The molecule has 0 atom stereocenters. The summed E-state index contributed by atoms with van der Waals surface area (Å²) < 4.78 is 6.98. The fourth-order valence-electron chi connectivity index (χ4n) is 4.11. The van der Waals surface area contributed by atoms with Crippen LogP contribution < -0.4 is 5.32 Å². The number of carbonyl (C=O) groups excluding carboxylic acids is 2. The summed E-state index contributed by atoms with van der Waals surface area (Å²) in [6.45, 7) is 1.00. The largest absolute Gasteiger partial charge is 0.453 e. The van der Waals surface area contributed by atoms with Gasteiger partial charge in [-0.3, -0.25) is 4.79 Å². The van der Waals surface area contributed by atoms with Gasteiger partial charge in [-0.15, -0.1) is 34.0 Å². The van der Waals surface area contributed by atoms with E-state index in [-0.39, 0.29) is 12.0 Å². The Morgan fingerprint density at radius 2 is 1.68 bits per heavy atom. The summed E-state index contributed by atoms with van der Waals surface area (Å²) in [5, 5.41) is 5.12. The van der Waals surface area contributed by atoms with Crippen LogP contribution in [0.1, 0.15) is 20.2 Å². The number of fused-ring (bicyclic) bond motifs is 3. The molecule has 5 aromatic rings. The molecular weight excluding hydrogens is 488 g/mol. The summed E-state index contributed by atoms with van der Waals surface area (Å²) in [4.78, 5) is 37.4. The molecule has 0 bridgehead atoms. The number of aromatic nitrogens is 2. The molecule has 3 aromatic heterocycles. The number of ether oxygens (including phenoxy) is 1. The molecule has 1 aliphatic heterocycles. The van der Waals surface area contributed by atoms with Gasteiger partial charge in [-0.2, -0.15) is 0 Å². The van der Waals surface area contributed by atoms with Crippen molar-refractivity contribution in [2.24, 2.45) is 0 Å². The standard InChI is InChI=1S/C24H18N4O3S3/c1-31-24(30)28-11-10-13-18(12-28)34-22(19(13)21-25-14-6-2-4-8-16(14)32-21)27-20(29)23-26-15-7-3-5-9-17(15)33-23/h2-9H,10-12H2,1H3,(H,27,29). The van der Waals surface area contributed by atoms with Crippen molar-refractivity contribution in [1.82, 2.24) is 14.9 Å². The fourth-order valence-corrected chi connectivity index (χ4v) is 7.34. The number of carbonyl (C=O) groups is 2. The van der Waals surface area contributed by atoms with Crippen molar-refractivity contribution in [1.29, 1.82) is 0 Å². The van der Waals surface area contributed by atoms with Crippen LogP contribution in [0.2, 0.25) is 0 Å². The number of methoxy groups -OCH3 is 1. The first-order valence-electron chi connectivity index (χ1n) is 10.6. The van der Waals surface area contributed by atoms with E-state index in [9.17, 15) is 9.59 Å². The van der Waals surface area contributed by atoms with Crippen molar-refractivity contribution >= 4 is 71.4 Å². The van der Waals surface area contributed by atoms with E-state index >= 15 is 0 Å². The molecule has 7 nitrogen and oxygen atoms in total. The smallest absolute Gasteiger partial charge is 0.409 e. The molecule has 6 rings (SSSR count). The van der Waals surface area contributed by atoms with E-state index in [0.717, 1.165) is 46.4 Å². The number of hydrogen-bond donors (Lipinski definition) is 1. The van der Waals surface area contributed by atoms with E-state index in [1.165, 1.54) is 29.8 Å². The number of rotatable bonds is 3. The number of amides is 2. The highest BCUT2D eigenvalue weighted by atomic mass is 32.1. The number of para-hydroxylation sites is 2. The van der Waals surface area contributed by atoms with Gasteiger partial charge in [0.15, 0.2) is 5.01 Å². The van der Waals surface area contributed by atoms with Crippen molar-refractivity contribution in [3.63, 3.8) is 0 Å². The van der Waals surface area contributed by atoms with Crippen molar-refractivity contribution in [2.75, 3.05) is 19.0 Å². The van der Waals surface area contributed by atoms with Crippen LogP contribution >= 0.6 is 34.0 Å². The van der Waals surface area contributed by atoms with Crippen molar-refractivity contribution in [3.8, 4) is 10.6 Å². The lowest BCUT2D eigenvalue weighted by atomic mass is 10.0. The van der Waals surface area contributed by atoms with Gasteiger partial charge < -0.3 is 15.0 Å². The summed E-state index contributed by atoms with van der Waals surface area (Å²) >= 11 is 4.47. The van der Waals surface area contributed by atoms with Gasteiger partial charge in [0, 0.05) is 17.0 Å². The Morgan fingerprint density at radius 1 is 0.971 bits per heavy atom. The molecule has 1 N–H and O–H groups in total. The summed E-state index contributed by atoms with van der Waals surface area (Å²) in [6.07, 6.45) is 0.323. The summed E-state index contributed by atoms with van der Waals surface area (Å²) in [5.74, 6) is -0.244.